The minimum Gasteiger partial charge on any atom is -0.494 e. The summed E-state index contributed by atoms with van der Waals surface area (Å²) in [7, 11) is 0. The number of ether oxygens (including phenoxy) is 2. The fourth-order valence-electron chi connectivity index (χ4n) is 3.30. The van der Waals surface area contributed by atoms with E-state index in [2.05, 4.69) is 5.32 Å². The van der Waals surface area contributed by atoms with Crippen LogP contribution in [-0.2, 0) is 14.3 Å². The molecule has 1 N–H and O–H groups in total. The number of carbonyl (C=O) groups excluding carboxylic acids is 2. The molecule has 31 heavy (non-hydrogen) atoms. The Morgan fingerprint density at radius 3 is 2.48 bits per heavy atom. The molecule has 0 radical (unpaired) electrons. The van der Waals surface area contributed by atoms with Crippen molar-refractivity contribution in [3.63, 3.8) is 0 Å². The molecular formula is C24H27FN2O4. The Morgan fingerprint density at radius 2 is 1.81 bits per heavy atom. The Bertz CT molecular complexity index is 970. The predicted octanol–water partition coefficient (Wildman–Crippen LogP) is 4.23. The maximum atomic E-state index is 13.4. The molecule has 164 valence electrons. The number of imide groups is 1. The van der Waals surface area contributed by atoms with Crippen molar-refractivity contribution in [1.82, 2.24) is 4.90 Å². The molecule has 0 atom stereocenters. The molecule has 6 nitrogen and oxygen atoms in total. The molecule has 1 aliphatic rings. The third kappa shape index (κ3) is 5.49. The SMILES string of the molecule is CCOc1cccc(NC2=C(c3ccc(F)cc3)C(=O)N(CCCOC(C)C)C2=O)c1. The Kier molecular flexibility index (Phi) is 7.41. The lowest BCUT2D eigenvalue weighted by Gasteiger charge is -2.16. The van der Waals surface area contributed by atoms with Crippen LogP contribution in [-0.4, -0.2) is 42.6 Å². The molecule has 2 aromatic rings. The second-order valence-electron chi connectivity index (χ2n) is 7.38. The molecule has 2 aromatic carbocycles. The highest BCUT2D eigenvalue weighted by molar-refractivity contribution is 6.36. The number of amides is 2. The van der Waals surface area contributed by atoms with Crippen LogP contribution in [0.25, 0.3) is 5.57 Å². The van der Waals surface area contributed by atoms with E-state index in [-0.39, 0.29) is 23.9 Å². The average molecular weight is 426 g/mol. The van der Waals surface area contributed by atoms with Gasteiger partial charge in [0, 0.05) is 24.9 Å². The number of hydrogen-bond acceptors (Lipinski definition) is 5. The average Bonchev–Trinajstić information content (AvgIpc) is 2.96. The molecule has 1 aliphatic heterocycles. The molecule has 0 unspecified atom stereocenters. The third-order valence-corrected chi connectivity index (χ3v) is 4.69. The van der Waals surface area contributed by atoms with Crippen LogP contribution in [0.2, 0.25) is 0 Å². The Balaban J connectivity index is 1.89. The first-order valence-electron chi connectivity index (χ1n) is 10.4. The van der Waals surface area contributed by atoms with E-state index in [1.165, 1.54) is 29.2 Å². The van der Waals surface area contributed by atoms with E-state index in [4.69, 9.17) is 9.47 Å². The lowest BCUT2D eigenvalue weighted by Crippen LogP contribution is -2.34. The highest BCUT2D eigenvalue weighted by Crippen LogP contribution is 2.31. The van der Waals surface area contributed by atoms with E-state index in [1.54, 1.807) is 18.2 Å². The largest absolute Gasteiger partial charge is 0.494 e. The van der Waals surface area contributed by atoms with Crippen LogP contribution in [0.1, 0.15) is 32.8 Å². The molecule has 0 saturated carbocycles. The van der Waals surface area contributed by atoms with Crippen molar-refractivity contribution in [1.29, 1.82) is 0 Å². The highest BCUT2D eigenvalue weighted by atomic mass is 19.1. The van der Waals surface area contributed by atoms with E-state index < -0.39 is 17.6 Å². The van der Waals surface area contributed by atoms with Gasteiger partial charge in [0.2, 0.25) is 0 Å². The summed E-state index contributed by atoms with van der Waals surface area (Å²) < 4.78 is 24.5. The normalized spacial score (nSPS) is 14.0. The van der Waals surface area contributed by atoms with Gasteiger partial charge in [0.15, 0.2) is 0 Å². The van der Waals surface area contributed by atoms with Crippen molar-refractivity contribution in [3.8, 4) is 5.75 Å². The summed E-state index contributed by atoms with van der Waals surface area (Å²) in [6, 6.07) is 12.7. The quantitative estimate of drug-likeness (QED) is 0.455. The van der Waals surface area contributed by atoms with Crippen LogP contribution in [0, 0.1) is 5.82 Å². The summed E-state index contributed by atoms with van der Waals surface area (Å²) >= 11 is 0. The van der Waals surface area contributed by atoms with Crippen molar-refractivity contribution < 1.29 is 23.5 Å². The molecule has 0 fully saturated rings. The lowest BCUT2D eigenvalue weighted by molar-refractivity contribution is -0.137. The molecule has 3 rings (SSSR count). The molecule has 0 aliphatic carbocycles. The molecule has 0 bridgehead atoms. The Labute approximate surface area is 181 Å². The fourth-order valence-corrected chi connectivity index (χ4v) is 3.30. The number of hydrogen-bond donors (Lipinski definition) is 1. The van der Waals surface area contributed by atoms with Gasteiger partial charge in [0.05, 0.1) is 18.3 Å². The van der Waals surface area contributed by atoms with Gasteiger partial charge in [-0.25, -0.2) is 4.39 Å². The first-order chi connectivity index (χ1) is 14.9. The van der Waals surface area contributed by atoms with E-state index in [1.807, 2.05) is 26.8 Å². The number of benzene rings is 2. The summed E-state index contributed by atoms with van der Waals surface area (Å²) in [5.74, 6) is -0.598. The van der Waals surface area contributed by atoms with Gasteiger partial charge in [-0.3, -0.25) is 14.5 Å². The van der Waals surface area contributed by atoms with Crippen LogP contribution in [0.5, 0.6) is 5.75 Å². The van der Waals surface area contributed by atoms with Gasteiger partial charge in [0.1, 0.15) is 17.3 Å². The fraction of sp³-hybridized carbons (Fsp3) is 0.333. The highest BCUT2D eigenvalue weighted by Gasteiger charge is 2.38. The molecular weight excluding hydrogens is 399 g/mol. The van der Waals surface area contributed by atoms with Gasteiger partial charge in [-0.05, 0) is 57.0 Å². The number of nitrogens with zero attached hydrogens (tertiary/aromatic N) is 1. The second-order valence-corrected chi connectivity index (χ2v) is 7.38. The van der Waals surface area contributed by atoms with Crippen LogP contribution in [0.3, 0.4) is 0 Å². The maximum absolute atomic E-state index is 13.4. The number of carbonyl (C=O) groups is 2. The number of rotatable bonds is 10. The van der Waals surface area contributed by atoms with Gasteiger partial charge in [-0.1, -0.05) is 18.2 Å². The number of nitrogens with one attached hydrogen (secondary N) is 1. The molecule has 2 amide bonds. The summed E-state index contributed by atoms with van der Waals surface area (Å²) in [6.07, 6.45) is 0.604. The molecule has 7 heteroatoms. The topological polar surface area (TPSA) is 67.9 Å². The van der Waals surface area contributed by atoms with Crippen LogP contribution < -0.4 is 10.1 Å². The van der Waals surface area contributed by atoms with Gasteiger partial charge < -0.3 is 14.8 Å². The van der Waals surface area contributed by atoms with Crippen molar-refractivity contribution >= 4 is 23.1 Å². The van der Waals surface area contributed by atoms with Crippen molar-refractivity contribution in [2.75, 3.05) is 25.1 Å². The van der Waals surface area contributed by atoms with Gasteiger partial charge in [0.25, 0.3) is 11.8 Å². The van der Waals surface area contributed by atoms with E-state index in [9.17, 15) is 14.0 Å². The molecule has 0 saturated heterocycles. The zero-order valence-electron chi connectivity index (χ0n) is 18.0. The zero-order chi connectivity index (χ0) is 22.4. The van der Waals surface area contributed by atoms with Gasteiger partial charge in [-0.15, -0.1) is 0 Å². The summed E-state index contributed by atoms with van der Waals surface area (Å²) in [5.41, 5.74) is 1.47. The van der Waals surface area contributed by atoms with Gasteiger partial charge in [-0.2, -0.15) is 0 Å². The smallest absolute Gasteiger partial charge is 0.278 e. The van der Waals surface area contributed by atoms with Crippen molar-refractivity contribution in [2.24, 2.45) is 0 Å². The van der Waals surface area contributed by atoms with Crippen molar-refractivity contribution in [3.05, 3.63) is 65.6 Å². The lowest BCUT2D eigenvalue weighted by atomic mass is 10.0. The first-order valence-corrected chi connectivity index (χ1v) is 10.4. The molecule has 0 spiro atoms. The Hall–Kier alpha value is -3.19. The third-order valence-electron chi connectivity index (χ3n) is 4.69. The van der Waals surface area contributed by atoms with E-state index in [0.717, 1.165) is 0 Å². The Morgan fingerprint density at radius 1 is 1.06 bits per heavy atom. The molecule has 1 heterocycles. The minimum atomic E-state index is -0.421. The van der Waals surface area contributed by atoms with Crippen molar-refractivity contribution in [2.45, 2.75) is 33.3 Å². The van der Waals surface area contributed by atoms with E-state index in [0.29, 0.717) is 36.6 Å². The maximum Gasteiger partial charge on any atom is 0.278 e. The van der Waals surface area contributed by atoms with Crippen LogP contribution in [0.15, 0.2) is 54.2 Å². The summed E-state index contributed by atoms with van der Waals surface area (Å²) in [5, 5.41) is 3.08. The zero-order valence-corrected chi connectivity index (χ0v) is 18.0. The standard InChI is InChI=1S/C24H27FN2O4/c1-4-30-20-8-5-7-19(15-20)26-22-21(17-9-11-18(25)12-10-17)23(28)27(24(22)29)13-6-14-31-16(2)3/h5,7-12,15-16,26H,4,6,13-14H2,1-3H3. The minimum absolute atomic E-state index is 0.0766. The van der Waals surface area contributed by atoms with E-state index >= 15 is 0 Å². The van der Waals surface area contributed by atoms with Crippen LogP contribution in [0.4, 0.5) is 10.1 Å². The monoisotopic (exact) mass is 426 g/mol. The van der Waals surface area contributed by atoms with Crippen LogP contribution >= 0.6 is 0 Å². The van der Waals surface area contributed by atoms with Gasteiger partial charge >= 0.3 is 0 Å². The number of halogens is 1. The molecule has 0 aromatic heterocycles. The summed E-state index contributed by atoms with van der Waals surface area (Å²) in [6.45, 7) is 6.93. The number of anilines is 1. The second kappa shape index (κ2) is 10.2. The summed E-state index contributed by atoms with van der Waals surface area (Å²) in [4.78, 5) is 27.5. The predicted molar refractivity (Wildman–Crippen MR) is 117 cm³/mol. The first kappa shape index (κ1) is 22.5.